The molecule has 1 N–H and O–H groups in total. The van der Waals surface area contributed by atoms with Crippen LogP contribution in [0.1, 0.15) is 18.1 Å². The van der Waals surface area contributed by atoms with Gasteiger partial charge in [-0.3, -0.25) is 14.3 Å². The summed E-state index contributed by atoms with van der Waals surface area (Å²) in [6, 6.07) is 19.4. The first-order valence-electron chi connectivity index (χ1n) is 10.6. The highest BCUT2D eigenvalue weighted by Crippen LogP contribution is 2.29. The Hall–Kier alpha value is -3.98. The van der Waals surface area contributed by atoms with Crippen LogP contribution in [0, 0.1) is 6.92 Å². The highest BCUT2D eigenvalue weighted by molar-refractivity contribution is 7.99. The molecule has 2 aromatic carbocycles. The second-order valence-electron chi connectivity index (χ2n) is 7.47. The number of aromatic nitrogens is 4. The Bertz CT molecular complexity index is 1290. The van der Waals surface area contributed by atoms with Gasteiger partial charge >= 0.3 is 0 Å². The Kier molecular flexibility index (Phi) is 7.34. The topological polar surface area (TPSA) is 94.3 Å². The molecular weight excluding hydrogens is 448 g/mol. The molecule has 0 fully saturated rings. The van der Waals surface area contributed by atoms with Gasteiger partial charge in [-0.2, -0.15) is 5.10 Å². The maximum absolute atomic E-state index is 12.5. The van der Waals surface area contributed by atoms with Crippen LogP contribution < -0.4 is 10.2 Å². The third kappa shape index (κ3) is 5.49. The molecule has 1 amide bonds. The number of rotatable bonds is 8. The van der Waals surface area contributed by atoms with E-state index in [-0.39, 0.29) is 11.7 Å². The Labute approximate surface area is 202 Å². The minimum atomic E-state index is -0.238. The van der Waals surface area contributed by atoms with Crippen molar-refractivity contribution in [3.63, 3.8) is 0 Å². The molecular formula is C25H24N6O2S. The van der Waals surface area contributed by atoms with E-state index in [0.717, 1.165) is 28.1 Å². The summed E-state index contributed by atoms with van der Waals surface area (Å²) < 4.78 is 7.21. The number of aryl methyl sites for hydroxylation is 1. The second-order valence-corrected chi connectivity index (χ2v) is 8.41. The molecule has 0 aliphatic rings. The normalized spacial score (nSPS) is 11.3. The molecule has 0 bridgehead atoms. The Morgan fingerprint density at radius 1 is 1.09 bits per heavy atom. The molecule has 0 radical (unpaired) electrons. The van der Waals surface area contributed by atoms with Gasteiger partial charge in [0.25, 0.3) is 5.91 Å². The lowest BCUT2D eigenvalue weighted by molar-refractivity contribution is -0.118. The quantitative estimate of drug-likeness (QED) is 0.234. The minimum Gasteiger partial charge on any atom is -0.497 e. The second kappa shape index (κ2) is 10.8. The smallest absolute Gasteiger partial charge is 0.250 e. The summed E-state index contributed by atoms with van der Waals surface area (Å²) in [6.45, 7) is 3.86. The Morgan fingerprint density at radius 2 is 1.85 bits per heavy atom. The number of carbonyl (C=O) groups excluding carboxylic acids is 1. The molecule has 0 saturated carbocycles. The van der Waals surface area contributed by atoms with Gasteiger partial charge in [0.05, 0.1) is 18.6 Å². The van der Waals surface area contributed by atoms with E-state index in [2.05, 4.69) is 25.7 Å². The predicted octanol–water partition coefficient (Wildman–Crippen LogP) is 4.28. The van der Waals surface area contributed by atoms with Crippen LogP contribution in [-0.4, -0.2) is 44.2 Å². The number of hydrogen-bond donors (Lipinski definition) is 1. The number of benzene rings is 2. The Balaban J connectivity index is 1.54. The van der Waals surface area contributed by atoms with E-state index in [1.165, 1.54) is 11.8 Å². The molecule has 0 spiro atoms. The van der Waals surface area contributed by atoms with Gasteiger partial charge in [-0.15, -0.1) is 10.2 Å². The van der Waals surface area contributed by atoms with Crippen LogP contribution in [0.5, 0.6) is 5.75 Å². The van der Waals surface area contributed by atoms with Crippen molar-refractivity contribution in [2.45, 2.75) is 19.0 Å². The van der Waals surface area contributed by atoms with Gasteiger partial charge in [0, 0.05) is 29.2 Å². The third-order valence-electron chi connectivity index (χ3n) is 5.03. The van der Waals surface area contributed by atoms with Crippen molar-refractivity contribution in [1.29, 1.82) is 0 Å². The van der Waals surface area contributed by atoms with Gasteiger partial charge in [-0.1, -0.05) is 35.5 Å². The first-order chi connectivity index (χ1) is 16.5. The van der Waals surface area contributed by atoms with Crippen LogP contribution in [0.25, 0.3) is 17.1 Å². The van der Waals surface area contributed by atoms with Gasteiger partial charge in [-0.25, -0.2) is 5.43 Å². The van der Waals surface area contributed by atoms with E-state index in [1.807, 2.05) is 79.1 Å². The van der Waals surface area contributed by atoms with Crippen LogP contribution in [-0.2, 0) is 4.79 Å². The number of amides is 1. The first-order valence-corrected chi connectivity index (χ1v) is 11.6. The molecule has 0 saturated heterocycles. The molecule has 0 aliphatic heterocycles. The molecule has 34 heavy (non-hydrogen) atoms. The van der Waals surface area contributed by atoms with E-state index in [9.17, 15) is 4.79 Å². The van der Waals surface area contributed by atoms with Crippen molar-refractivity contribution in [2.24, 2.45) is 5.10 Å². The number of hydrazone groups is 1. The number of nitrogens with one attached hydrogen (secondary N) is 1. The number of thioether (sulfide) groups is 1. The molecule has 0 aliphatic carbocycles. The van der Waals surface area contributed by atoms with Crippen LogP contribution in [0.2, 0.25) is 0 Å². The molecule has 0 atom stereocenters. The zero-order valence-corrected chi connectivity index (χ0v) is 19.9. The number of nitrogens with zero attached hydrogens (tertiary/aromatic N) is 5. The standard InChI is InChI=1S/C25H24N6O2S/c1-17-6-10-21(11-7-17)31-24(19-8-12-22(33-3)13-9-19)29-30-25(31)34-16-23(32)28-27-18(2)20-5-4-14-26-15-20/h4-15H,16H2,1-3H3,(H,28,32)/b27-18+. The monoisotopic (exact) mass is 472 g/mol. The van der Waals surface area contributed by atoms with Gasteiger partial charge in [0.15, 0.2) is 11.0 Å². The van der Waals surface area contributed by atoms with Crippen LogP contribution in [0.4, 0.5) is 0 Å². The zero-order valence-electron chi connectivity index (χ0n) is 19.1. The maximum atomic E-state index is 12.5. The van der Waals surface area contributed by atoms with Crippen molar-refractivity contribution < 1.29 is 9.53 Å². The van der Waals surface area contributed by atoms with Gasteiger partial charge in [-0.05, 0) is 56.3 Å². The fourth-order valence-corrected chi connectivity index (χ4v) is 3.91. The number of carbonyl (C=O) groups is 1. The zero-order chi connectivity index (χ0) is 23.9. The fraction of sp³-hybridized carbons (Fsp3) is 0.160. The summed E-state index contributed by atoms with van der Waals surface area (Å²) in [5.41, 5.74) is 7.07. The summed E-state index contributed by atoms with van der Waals surface area (Å²) in [5, 5.41) is 13.6. The van der Waals surface area contributed by atoms with E-state index < -0.39 is 0 Å². The number of pyridine rings is 1. The van der Waals surface area contributed by atoms with Gasteiger partial charge in [0.1, 0.15) is 5.75 Å². The van der Waals surface area contributed by atoms with Crippen molar-refractivity contribution >= 4 is 23.4 Å². The third-order valence-corrected chi connectivity index (χ3v) is 5.96. The van der Waals surface area contributed by atoms with Gasteiger partial charge in [0.2, 0.25) is 0 Å². The highest BCUT2D eigenvalue weighted by Gasteiger charge is 2.17. The SMILES string of the molecule is COc1ccc(-c2nnc(SCC(=O)N/N=C(\C)c3cccnc3)n2-c2ccc(C)cc2)cc1. The van der Waals surface area contributed by atoms with E-state index in [0.29, 0.717) is 16.7 Å². The molecule has 2 aromatic heterocycles. The molecule has 172 valence electrons. The van der Waals surface area contributed by atoms with Crippen molar-refractivity contribution in [3.05, 3.63) is 84.2 Å². The molecule has 9 heteroatoms. The average molecular weight is 473 g/mol. The maximum Gasteiger partial charge on any atom is 0.250 e. The molecule has 4 aromatic rings. The molecule has 0 unspecified atom stereocenters. The summed E-state index contributed by atoms with van der Waals surface area (Å²) in [6.07, 6.45) is 3.39. The highest BCUT2D eigenvalue weighted by atomic mass is 32.2. The first kappa shape index (κ1) is 23.2. The lowest BCUT2D eigenvalue weighted by Crippen LogP contribution is -2.21. The summed E-state index contributed by atoms with van der Waals surface area (Å²) in [7, 11) is 1.63. The number of methoxy groups -OCH3 is 1. The molecule has 4 rings (SSSR count). The van der Waals surface area contributed by atoms with Crippen LogP contribution in [0.15, 0.2) is 83.3 Å². The largest absolute Gasteiger partial charge is 0.497 e. The van der Waals surface area contributed by atoms with E-state index >= 15 is 0 Å². The van der Waals surface area contributed by atoms with E-state index in [4.69, 9.17) is 4.74 Å². The summed E-state index contributed by atoms with van der Waals surface area (Å²) in [5.74, 6) is 1.34. The van der Waals surface area contributed by atoms with Crippen molar-refractivity contribution in [2.75, 3.05) is 12.9 Å². The number of hydrogen-bond acceptors (Lipinski definition) is 7. The lowest BCUT2D eigenvalue weighted by atomic mass is 10.2. The predicted molar refractivity (Wildman–Crippen MR) is 133 cm³/mol. The molecule has 2 heterocycles. The number of ether oxygens (including phenoxy) is 1. The summed E-state index contributed by atoms with van der Waals surface area (Å²) in [4.78, 5) is 16.5. The van der Waals surface area contributed by atoms with Crippen LogP contribution in [0.3, 0.4) is 0 Å². The Morgan fingerprint density at radius 3 is 2.53 bits per heavy atom. The van der Waals surface area contributed by atoms with Gasteiger partial charge < -0.3 is 4.74 Å². The van der Waals surface area contributed by atoms with Crippen molar-refractivity contribution in [3.8, 4) is 22.8 Å². The van der Waals surface area contributed by atoms with Crippen LogP contribution >= 0.6 is 11.8 Å². The fourth-order valence-electron chi connectivity index (χ4n) is 3.17. The van der Waals surface area contributed by atoms with E-state index in [1.54, 1.807) is 19.5 Å². The van der Waals surface area contributed by atoms with Crippen molar-refractivity contribution in [1.82, 2.24) is 25.2 Å². The lowest BCUT2D eigenvalue weighted by Gasteiger charge is -2.11. The molecule has 8 nitrogen and oxygen atoms in total. The average Bonchev–Trinajstić information content (AvgIpc) is 3.31. The summed E-state index contributed by atoms with van der Waals surface area (Å²) >= 11 is 1.30. The minimum absolute atomic E-state index is 0.135.